The maximum absolute atomic E-state index is 11.1. The zero-order valence-electron chi connectivity index (χ0n) is 8.85. The summed E-state index contributed by atoms with van der Waals surface area (Å²) in [6.07, 6.45) is 4.74. The number of unbranched alkanes of at least 4 members (excludes halogenated alkanes) is 2. The molecule has 1 aromatic rings. The van der Waals surface area contributed by atoms with Gasteiger partial charge in [-0.1, -0.05) is 48.2 Å². The van der Waals surface area contributed by atoms with E-state index in [1.807, 2.05) is 36.4 Å². The number of benzene rings is 1. The number of hydrogen-bond acceptors (Lipinski definition) is 2. The molecular formula is C12H15O2P. The summed E-state index contributed by atoms with van der Waals surface area (Å²) in [5, 5.41) is 0.444. The average Bonchev–Trinajstić information content (AvgIpc) is 2.25. The van der Waals surface area contributed by atoms with Gasteiger partial charge in [-0.2, -0.15) is 0 Å². The smallest absolute Gasteiger partial charge is 0.349 e. The summed E-state index contributed by atoms with van der Waals surface area (Å²) >= 11 is 0. The molecule has 15 heavy (non-hydrogen) atoms. The Hall–Kier alpha value is -0.980. The molecule has 1 unspecified atom stereocenters. The van der Waals surface area contributed by atoms with Crippen molar-refractivity contribution in [2.45, 2.75) is 26.2 Å². The predicted octanol–water partition coefficient (Wildman–Crippen LogP) is 3.32. The third-order valence-corrected chi connectivity index (χ3v) is 3.00. The molecule has 0 aliphatic rings. The second-order valence-electron chi connectivity index (χ2n) is 3.35. The van der Waals surface area contributed by atoms with Crippen molar-refractivity contribution >= 4 is 13.3 Å². The first-order valence-corrected chi connectivity index (χ1v) is 6.33. The van der Waals surface area contributed by atoms with Crippen LogP contribution in [0.2, 0.25) is 0 Å². The van der Waals surface area contributed by atoms with Gasteiger partial charge in [0, 0.05) is 5.56 Å². The van der Waals surface area contributed by atoms with Crippen molar-refractivity contribution in [1.82, 2.24) is 0 Å². The fourth-order valence-electron chi connectivity index (χ4n) is 1.35. The van der Waals surface area contributed by atoms with Gasteiger partial charge in [-0.15, -0.1) is 0 Å². The lowest BCUT2D eigenvalue weighted by Gasteiger charge is -1.98. The van der Waals surface area contributed by atoms with Crippen LogP contribution in [0.1, 0.15) is 31.7 Å². The minimum atomic E-state index is -2.50. The summed E-state index contributed by atoms with van der Waals surface area (Å²) in [6.45, 7) is 2.09. The molecule has 2 nitrogen and oxygen atoms in total. The largest absolute Gasteiger partial charge is 0.591 e. The molecule has 0 saturated carbocycles. The van der Waals surface area contributed by atoms with Gasteiger partial charge in [-0.3, -0.25) is 0 Å². The van der Waals surface area contributed by atoms with E-state index >= 15 is 0 Å². The molecule has 0 radical (unpaired) electrons. The maximum atomic E-state index is 11.1. The van der Waals surface area contributed by atoms with Crippen molar-refractivity contribution in [1.29, 1.82) is 0 Å². The second-order valence-corrected chi connectivity index (χ2v) is 4.35. The minimum absolute atomic E-state index is 0.444. The molecule has 0 aliphatic heterocycles. The minimum Gasteiger partial charge on any atom is -0.591 e. The second kappa shape index (κ2) is 6.49. The Labute approximate surface area is 91.5 Å². The summed E-state index contributed by atoms with van der Waals surface area (Å²) in [4.78, 5) is 11.1. The van der Waals surface area contributed by atoms with Gasteiger partial charge in [-0.25, -0.2) is 0 Å². The lowest BCUT2D eigenvalue weighted by Crippen LogP contribution is -1.90. The molecule has 0 heterocycles. The fraction of sp³-hybridized carbons (Fsp3) is 0.333. The first-order chi connectivity index (χ1) is 7.25. The molecule has 80 valence electrons. The van der Waals surface area contributed by atoms with E-state index in [2.05, 4.69) is 6.92 Å². The zero-order valence-corrected chi connectivity index (χ0v) is 9.74. The van der Waals surface area contributed by atoms with E-state index < -0.39 is 8.03 Å². The van der Waals surface area contributed by atoms with Gasteiger partial charge < -0.3 is 4.89 Å². The van der Waals surface area contributed by atoms with Gasteiger partial charge >= 0.3 is 8.03 Å². The molecule has 0 bridgehead atoms. The van der Waals surface area contributed by atoms with E-state index in [0.717, 1.165) is 24.8 Å². The van der Waals surface area contributed by atoms with Crippen molar-refractivity contribution in [2.75, 3.05) is 0 Å². The van der Waals surface area contributed by atoms with Gasteiger partial charge in [0.2, 0.25) is 0 Å². The highest BCUT2D eigenvalue weighted by Crippen LogP contribution is 2.33. The topological polar surface area (TPSA) is 40.1 Å². The molecule has 0 amide bonds. The summed E-state index contributed by atoms with van der Waals surface area (Å²) in [5.74, 6) is 0. The molecule has 0 N–H and O–H groups in total. The highest BCUT2D eigenvalue weighted by atomic mass is 31.1. The Morgan fingerprint density at radius 2 is 2.07 bits per heavy atom. The summed E-state index contributed by atoms with van der Waals surface area (Å²) < 4.78 is 11.1. The lowest BCUT2D eigenvalue weighted by molar-refractivity contribution is -0.160. The highest BCUT2D eigenvalue weighted by molar-refractivity contribution is 7.49. The van der Waals surface area contributed by atoms with Crippen LogP contribution in [-0.4, -0.2) is 0 Å². The van der Waals surface area contributed by atoms with E-state index in [-0.39, 0.29) is 0 Å². The van der Waals surface area contributed by atoms with Crippen LogP contribution < -0.4 is 4.89 Å². The summed E-state index contributed by atoms with van der Waals surface area (Å²) in [5.41, 5.74) is 0.782. The molecule has 0 aliphatic carbocycles. The van der Waals surface area contributed by atoms with Crippen LogP contribution in [0.5, 0.6) is 0 Å². The molecule has 0 spiro atoms. The van der Waals surface area contributed by atoms with Crippen molar-refractivity contribution < 1.29 is 9.46 Å². The fourth-order valence-corrected chi connectivity index (χ4v) is 1.99. The van der Waals surface area contributed by atoms with E-state index in [0.29, 0.717) is 5.31 Å². The van der Waals surface area contributed by atoms with Crippen LogP contribution in [-0.2, 0) is 4.57 Å². The van der Waals surface area contributed by atoms with Crippen LogP contribution in [0.4, 0.5) is 0 Å². The number of allylic oxidation sites excluding steroid dienone is 1. The zero-order chi connectivity index (χ0) is 11.1. The monoisotopic (exact) mass is 222 g/mol. The molecule has 3 heteroatoms. The van der Waals surface area contributed by atoms with Gasteiger partial charge in [0.15, 0.2) is 5.31 Å². The molecule has 0 aromatic heterocycles. The Kier molecular flexibility index (Phi) is 5.23. The van der Waals surface area contributed by atoms with E-state index in [9.17, 15) is 9.46 Å². The molecular weight excluding hydrogens is 207 g/mol. The Morgan fingerprint density at radius 1 is 1.40 bits per heavy atom. The highest BCUT2D eigenvalue weighted by Gasteiger charge is 2.13. The van der Waals surface area contributed by atoms with Gasteiger partial charge in [0.05, 0.1) is 0 Å². The molecule has 0 saturated heterocycles. The van der Waals surface area contributed by atoms with Gasteiger partial charge in [0.1, 0.15) is 0 Å². The van der Waals surface area contributed by atoms with Crippen molar-refractivity contribution in [2.24, 2.45) is 0 Å². The van der Waals surface area contributed by atoms with E-state index in [1.165, 1.54) is 0 Å². The Morgan fingerprint density at radius 3 is 2.60 bits per heavy atom. The Balaban J connectivity index is 2.84. The third-order valence-electron chi connectivity index (χ3n) is 2.16. The lowest BCUT2D eigenvalue weighted by atomic mass is 10.1. The molecule has 1 rings (SSSR count). The summed E-state index contributed by atoms with van der Waals surface area (Å²) in [7, 11) is -2.50. The predicted molar refractivity (Wildman–Crippen MR) is 61.6 cm³/mol. The van der Waals surface area contributed by atoms with Crippen molar-refractivity contribution in [3.63, 3.8) is 0 Å². The standard InChI is InChI=1S/C12H15O2P/c1-2-3-5-10-12(15(13)14)11-8-6-4-7-9-11/h4,6-10H,2-3,5H2,1H3. The van der Waals surface area contributed by atoms with Gasteiger partial charge in [0.25, 0.3) is 0 Å². The molecule has 0 fully saturated rings. The van der Waals surface area contributed by atoms with E-state index in [4.69, 9.17) is 0 Å². The van der Waals surface area contributed by atoms with Crippen LogP contribution in [0.25, 0.3) is 5.31 Å². The summed E-state index contributed by atoms with van der Waals surface area (Å²) in [6, 6.07) is 9.22. The van der Waals surface area contributed by atoms with Crippen LogP contribution in [0.3, 0.4) is 0 Å². The first kappa shape index (κ1) is 12.1. The molecule has 1 atom stereocenters. The normalized spacial score (nSPS) is 12.7. The number of hydrogen-bond donors (Lipinski definition) is 0. The van der Waals surface area contributed by atoms with Crippen LogP contribution in [0.15, 0.2) is 36.4 Å². The SMILES string of the molecule is CCCCC=C(c1ccccc1)[P+](=O)[O-]. The van der Waals surface area contributed by atoms with Crippen LogP contribution >= 0.6 is 8.03 Å². The van der Waals surface area contributed by atoms with Crippen LogP contribution in [0, 0.1) is 0 Å². The van der Waals surface area contributed by atoms with E-state index in [1.54, 1.807) is 0 Å². The first-order valence-electron chi connectivity index (χ1n) is 5.15. The van der Waals surface area contributed by atoms with Crippen molar-refractivity contribution in [3.8, 4) is 0 Å². The quantitative estimate of drug-likeness (QED) is 0.566. The Bertz CT molecular complexity index is 344. The number of rotatable bonds is 5. The third kappa shape index (κ3) is 3.94. The van der Waals surface area contributed by atoms with Gasteiger partial charge in [-0.05, 0) is 18.9 Å². The average molecular weight is 222 g/mol. The molecule has 1 aromatic carbocycles. The maximum Gasteiger partial charge on any atom is 0.349 e. The van der Waals surface area contributed by atoms with Crippen molar-refractivity contribution in [3.05, 3.63) is 42.0 Å².